The number of fused-ring (bicyclic) bond motifs is 1. The molecule has 4 heterocycles. The third kappa shape index (κ3) is 7.35. The van der Waals surface area contributed by atoms with Crippen molar-refractivity contribution in [3.63, 3.8) is 0 Å². The van der Waals surface area contributed by atoms with Gasteiger partial charge in [-0.15, -0.1) is 0 Å². The summed E-state index contributed by atoms with van der Waals surface area (Å²) in [6.45, 7) is 16.6. The number of ether oxygens (including phenoxy) is 1. The van der Waals surface area contributed by atoms with Gasteiger partial charge >= 0.3 is 12.2 Å². The number of amides is 3. The third-order valence-corrected chi connectivity index (χ3v) is 8.08. The highest BCUT2D eigenvalue weighted by atomic mass is 16.6. The molecule has 1 aliphatic heterocycles. The van der Waals surface area contributed by atoms with Crippen molar-refractivity contribution in [2.75, 3.05) is 28.2 Å². The van der Waals surface area contributed by atoms with Gasteiger partial charge in [0.25, 0.3) is 5.91 Å². The second kappa shape index (κ2) is 12.8. The number of aromatic nitrogens is 2. The first-order valence-electron chi connectivity index (χ1n) is 15.5. The number of carboxylic acid groups (broad SMARTS) is 1. The molecule has 3 aromatic rings. The third-order valence-electron chi connectivity index (χ3n) is 8.08. The molecule has 0 spiro atoms. The second-order valence-electron chi connectivity index (χ2n) is 14.1. The standard InChI is InChI=1S/C33H46N6O7/c1-10-11-20-14-23-26(35-15-20)25(28(45-23)39(30(42)43)31(3,4)5)27(40)36-21-16-34-13-12-22(21)38-17-19(2)33(9,44)24(18-38)37-29(41)46-32(6,7)8/h12-16,19,24,44H,10-11,17-18H2,1-9H3,(H,36,40)(H,37,41)(H,42,43)/t19-,24+,33?/m0/s1. The summed E-state index contributed by atoms with van der Waals surface area (Å²) in [5.41, 5.74) is -0.554. The number of aliphatic hydroxyl groups is 1. The summed E-state index contributed by atoms with van der Waals surface area (Å²) in [5, 5.41) is 27.3. The lowest BCUT2D eigenvalue weighted by Gasteiger charge is -2.48. The summed E-state index contributed by atoms with van der Waals surface area (Å²) in [6, 6.07) is 2.81. The molecule has 0 saturated carbocycles. The minimum atomic E-state index is -1.28. The van der Waals surface area contributed by atoms with E-state index >= 15 is 0 Å². The number of carbonyl (C=O) groups excluding carboxylic acids is 2. The predicted octanol–water partition coefficient (Wildman–Crippen LogP) is 5.81. The van der Waals surface area contributed by atoms with Crippen LogP contribution in [0, 0.1) is 5.92 Å². The van der Waals surface area contributed by atoms with Crippen LogP contribution >= 0.6 is 0 Å². The first kappa shape index (κ1) is 34.5. The lowest BCUT2D eigenvalue weighted by atomic mass is 9.79. The van der Waals surface area contributed by atoms with Crippen LogP contribution in [-0.4, -0.2) is 74.1 Å². The Morgan fingerprint density at radius 1 is 1.17 bits per heavy atom. The molecule has 4 N–H and O–H groups in total. The van der Waals surface area contributed by atoms with Gasteiger partial charge in [0, 0.05) is 36.9 Å². The van der Waals surface area contributed by atoms with E-state index in [0.29, 0.717) is 23.5 Å². The Morgan fingerprint density at radius 3 is 2.48 bits per heavy atom. The molecule has 3 amide bonds. The van der Waals surface area contributed by atoms with E-state index < -0.39 is 40.9 Å². The van der Waals surface area contributed by atoms with Gasteiger partial charge in [0.05, 0.1) is 29.2 Å². The van der Waals surface area contributed by atoms with Crippen LogP contribution in [0.5, 0.6) is 0 Å². The smallest absolute Gasteiger partial charge is 0.414 e. The van der Waals surface area contributed by atoms with Crippen LogP contribution in [0.15, 0.2) is 35.1 Å². The summed E-state index contributed by atoms with van der Waals surface area (Å²) < 4.78 is 11.5. The van der Waals surface area contributed by atoms with E-state index in [1.165, 1.54) is 6.20 Å². The highest BCUT2D eigenvalue weighted by molar-refractivity contribution is 6.17. The van der Waals surface area contributed by atoms with Gasteiger partial charge in [-0.1, -0.05) is 20.3 Å². The fourth-order valence-electron chi connectivity index (χ4n) is 5.59. The maximum Gasteiger partial charge on any atom is 0.414 e. The number of furan rings is 1. The van der Waals surface area contributed by atoms with Crippen molar-refractivity contribution in [3.05, 3.63) is 41.9 Å². The lowest BCUT2D eigenvalue weighted by Crippen LogP contribution is -2.65. The lowest BCUT2D eigenvalue weighted by molar-refractivity contribution is -0.0405. The number of carbonyl (C=O) groups is 3. The molecule has 1 fully saturated rings. The van der Waals surface area contributed by atoms with Crippen molar-refractivity contribution >= 4 is 46.5 Å². The Labute approximate surface area is 269 Å². The molecule has 3 atom stereocenters. The zero-order chi connectivity index (χ0) is 34.2. The van der Waals surface area contributed by atoms with Crippen LogP contribution in [0.3, 0.4) is 0 Å². The molecule has 4 rings (SSSR count). The number of hydrogen-bond acceptors (Lipinski definition) is 9. The molecule has 46 heavy (non-hydrogen) atoms. The maximum absolute atomic E-state index is 14.1. The summed E-state index contributed by atoms with van der Waals surface area (Å²) in [5.74, 6) is -1.06. The van der Waals surface area contributed by atoms with Gasteiger partial charge in [-0.05, 0) is 72.6 Å². The molecule has 250 valence electrons. The minimum absolute atomic E-state index is 0.0235. The number of alkyl carbamates (subject to hydrolysis) is 1. The van der Waals surface area contributed by atoms with Crippen molar-refractivity contribution in [1.29, 1.82) is 0 Å². The number of pyridine rings is 2. The van der Waals surface area contributed by atoms with Gasteiger partial charge in [-0.25, -0.2) is 14.5 Å². The average Bonchev–Trinajstić information content (AvgIpc) is 3.27. The Hall–Kier alpha value is -4.39. The second-order valence-corrected chi connectivity index (χ2v) is 14.1. The number of hydrogen-bond donors (Lipinski definition) is 4. The van der Waals surface area contributed by atoms with Gasteiger partial charge in [-0.2, -0.15) is 0 Å². The van der Waals surface area contributed by atoms with E-state index in [2.05, 4.69) is 20.6 Å². The maximum atomic E-state index is 14.1. The van der Waals surface area contributed by atoms with Crippen LogP contribution in [-0.2, 0) is 11.2 Å². The highest BCUT2D eigenvalue weighted by Gasteiger charge is 2.45. The molecule has 13 nitrogen and oxygen atoms in total. The van der Waals surface area contributed by atoms with Crippen molar-refractivity contribution < 1.29 is 33.8 Å². The number of nitrogens with one attached hydrogen (secondary N) is 2. The van der Waals surface area contributed by atoms with E-state index in [-0.39, 0.29) is 29.4 Å². The normalized spacial score (nSPS) is 20.3. The fraction of sp³-hybridized carbons (Fsp3) is 0.545. The molecule has 1 aliphatic rings. The van der Waals surface area contributed by atoms with E-state index in [1.54, 1.807) is 73.0 Å². The predicted molar refractivity (Wildman–Crippen MR) is 176 cm³/mol. The molecule has 1 saturated heterocycles. The molecule has 0 bridgehead atoms. The van der Waals surface area contributed by atoms with Gasteiger partial charge in [0.15, 0.2) is 5.58 Å². The van der Waals surface area contributed by atoms with Crippen molar-refractivity contribution in [2.24, 2.45) is 5.92 Å². The van der Waals surface area contributed by atoms with Crippen molar-refractivity contribution in [1.82, 2.24) is 15.3 Å². The van der Waals surface area contributed by atoms with Crippen molar-refractivity contribution in [2.45, 2.75) is 97.9 Å². The van der Waals surface area contributed by atoms with Gasteiger partial charge in [0.1, 0.15) is 16.7 Å². The average molecular weight is 639 g/mol. The molecular formula is C33H46N6O7. The fourth-order valence-corrected chi connectivity index (χ4v) is 5.59. The summed E-state index contributed by atoms with van der Waals surface area (Å²) >= 11 is 0. The molecule has 0 radical (unpaired) electrons. The summed E-state index contributed by atoms with van der Waals surface area (Å²) in [6.07, 6.45) is 4.43. The van der Waals surface area contributed by atoms with Gasteiger partial charge in [0.2, 0.25) is 5.88 Å². The Bertz CT molecular complexity index is 1600. The van der Waals surface area contributed by atoms with E-state index in [0.717, 1.165) is 23.3 Å². The zero-order valence-electron chi connectivity index (χ0n) is 28.1. The molecular weight excluding hydrogens is 592 g/mol. The quantitative estimate of drug-likeness (QED) is 0.248. The largest absolute Gasteiger partial charge is 0.465 e. The number of aryl methyl sites for hydroxylation is 1. The first-order chi connectivity index (χ1) is 21.3. The topological polar surface area (TPSA) is 170 Å². The van der Waals surface area contributed by atoms with Gasteiger partial charge in [-0.3, -0.25) is 14.8 Å². The van der Waals surface area contributed by atoms with Gasteiger partial charge < -0.3 is 34.9 Å². The summed E-state index contributed by atoms with van der Waals surface area (Å²) in [4.78, 5) is 51.0. The number of piperidine rings is 1. The van der Waals surface area contributed by atoms with Crippen LogP contribution < -0.4 is 20.4 Å². The monoisotopic (exact) mass is 638 g/mol. The van der Waals surface area contributed by atoms with Crippen LogP contribution in [0.25, 0.3) is 11.1 Å². The Kier molecular flexibility index (Phi) is 9.58. The van der Waals surface area contributed by atoms with Crippen LogP contribution in [0.4, 0.5) is 26.8 Å². The highest BCUT2D eigenvalue weighted by Crippen LogP contribution is 2.38. The summed E-state index contributed by atoms with van der Waals surface area (Å²) in [7, 11) is 0. The van der Waals surface area contributed by atoms with Crippen LogP contribution in [0.2, 0.25) is 0 Å². The Balaban J connectivity index is 1.72. The SMILES string of the molecule is CCCc1cnc2c(C(=O)Nc3cnccc3N3C[C@H](C)C(C)(O)[C@H](NC(=O)OC(C)(C)C)C3)c(N(C(=O)O)C(C)(C)C)oc2c1. The number of anilines is 3. The minimum Gasteiger partial charge on any atom is -0.465 e. The number of rotatable bonds is 7. The van der Waals surface area contributed by atoms with E-state index in [1.807, 2.05) is 18.7 Å². The zero-order valence-corrected chi connectivity index (χ0v) is 28.1. The van der Waals surface area contributed by atoms with Crippen LogP contribution in [0.1, 0.15) is 84.7 Å². The molecule has 0 aromatic carbocycles. The first-order valence-corrected chi connectivity index (χ1v) is 15.5. The van der Waals surface area contributed by atoms with E-state index in [4.69, 9.17) is 9.15 Å². The van der Waals surface area contributed by atoms with E-state index in [9.17, 15) is 24.6 Å². The molecule has 0 aliphatic carbocycles. The molecule has 3 aromatic heterocycles. The van der Waals surface area contributed by atoms with Crippen molar-refractivity contribution in [3.8, 4) is 0 Å². The Morgan fingerprint density at radius 2 is 1.87 bits per heavy atom. The molecule has 13 heteroatoms. The number of nitrogens with zero attached hydrogens (tertiary/aromatic N) is 4. The molecule has 1 unspecified atom stereocenters.